The summed E-state index contributed by atoms with van der Waals surface area (Å²) in [6.45, 7) is 3.79. The number of methoxy groups -OCH3 is 1. The molecule has 0 saturated heterocycles. The van der Waals surface area contributed by atoms with Gasteiger partial charge in [-0.05, 0) is 44.9 Å². The Morgan fingerprint density at radius 1 is 1.35 bits per heavy atom. The number of fused-ring (bicyclic) bond motifs is 1. The molecule has 26 heavy (non-hydrogen) atoms. The van der Waals surface area contributed by atoms with Gasteiger partial charge in [-0.1, -0.05) is 12.8 Å². The number of nitrogens with one attached hydrogen (secondary N) is 1. The van der Waals surface area contributed by atoms with Crippen LogP contribution in [0.1, 0.15) is 56.4 Å². The van der Waals surface area contributed by atoms with E-state index in [-0.39, 0.29) is 18.4 Å². The molecule has 2 N–H and O–H groups in total. The summed E-state index contributed by atoms with van der Waals surface area (Å²) in [5, 5.41) is 13.4. The number of ether oxygens (including phenoxy) is 1. The van der Waals surface area contributed by atoms with Crippen LogP contribution in [-0.2, 0) is 9.59 Å². The molecule has 6 nitrogen and oxygen atoms in total. The van der Waals surface area contributed by atoms with E-state index in [1.165, 1.54) is 0 Å². The zero-order valence-electron chi connectivity index (χ0n) is 15.4. The van der Waals surface area contributed by atoms with Crippen LogP contribution in [0.2, 0.25) is 0 Å². The maximum atomic E-state index is 12.5. The van der Waals surface area contributed by atoms with E-state index >= 15 is 0 Å². The minimum absolute atomic E-state index is 0.0137. The van der Waals surface area contributed by atoms with E-state index < -0.39 is 11.4 Å². The van der Waals surface area contributed by atoms with Crippen LogP contribution in [0.5, 0.6) is 5.75 Å². The molecule has 1 heterocycles. The smallest absolute Gasteiger partial charge is 0.310 e. The molecule has 1 atom stereocenters. The van der Waals surface area contributed by atoms with E-state index in [9.17, 15) is 14.7 Å². The summed E-state index contributed by atoms with van der Waals surface area (Å²) in [4.78, 5) is 24.1. The predicted molar refractivity (Wildman–Crippen MR) is 97.2 cm³/mol. The van der Waals surface area contributed by atoms with E-state index in [0.29, 0.717) is 18.6 Å². The fourth-order valence-electron chi connectivity index (χ4n) is 3.94. The van der Waals surface area contributed by atoms with Crippen molar-refractivity contribution < 1.29 is 23.8 Å². The summed E-state index contributed by atoms with van der Waals surface area (Å²) < 4.78 is 11.2. The van der Waals surface area contributed by atoms with Crippen LogP contribution in [0, 0.1) is 12.3 Å². The Hall–Kier alpha value is -2.50. The lowest BCUT2D eigenvalue weighted by molar-refractivity contribution is -0.151. The van der Waals surface area contributed by atoms with Gasteiger partial charge in [-0.3, -0.25) is 9.59 Å². The molecular formula is C20H25NO5. The van der Waals surface area contributed by atoms with Crippen LogP contribution < -0.4 is 10.1 Å². The molecule has 3 rings (SSSR count). The van der Waals surface area contributed by atoms with Crippen molar-refractivity contribution in [3.63, 3.8) is 0 Å². The van der Waals surface area contributed by atoms with Gasteiger partial charge < -0.3 is 19.6 Å². The molecule has 0 radical (unpaired) electrons. The summed E-state index contributed by atoms with van der Waals surface area (Å²) in [6, 6.07) is 5.24. The molecule has 1 aliphatic carbocycles. The van der Waals surface area contributed by atoms with Gasteiger partial charge in [-0.15, -0.1) is 0 Å². The van der Waals surface area contributed by atoms with Gasteiger partial charge >= 0.3 is 5.97 Å². The number of carboxylic acids is 1. The maximum absolute atomic E-state index is 12.5. The number of hydrogen-bond donors (Lipinski definition) is 2. The molecular weight excluding hydrogens is 334 g/mol. The topological polar surface area (TPSA) is 88.8 Å². The molecule has 1 saturated carbocycles. The van der Waals surface area contributed by atoms with Gasteiger partial charge in [0.2, 0.25) is 5.91 Å². The number of benzene rings is 1. The largest absolute Gasteiger partial charge is 0.497 e. The van der Waals surface area contributed by atoms with Crippen LogP contribution >= 0.6 is 0 Å². The van der Waals surface area contributed by atoms with E-state index in [2.05, 4.69) is 5.32 Å². The van der Waals surface area contributed by atoms with Crippen molar-refractivity contribution in [2.45, 2.75) is 52.0 Å². The van der Waals surface area contributed by atoms with Crippen LogP contribution in [0.4, 0.5) is 0 Å². The van der Waals surface area contributed by atoms with Crippen molar-refractivity contribution in [3.8, 4) is 5.75 Å². The summed E-state index contributed by atoms with van der Waals surface area (Å²) in [5.74, 6) is 0.302. The Morgan fingerprint density at radius 3 is 2.65 bits per heavy atom. The number of hydrogen-bond acceptors (Lipinski definition) is 4. The monoisotopic (exact) mass is 359 g/mol. The Morgan fingerprint density at radius 2 is 2.04 bits per heavy atom. The van der Waals surface area contributed by atoms with Gasteiger partial charge in [-0.25, -0.2) is 0 Å². The number of rotatable bonds is 6. The van der Waals surface area contributed by atoms with E-state index in [0.717, 1.165) is 35.1 Å². The highest BCUT2D eigenvalue weighted by Crippen LogP contribution is 2.41. The first-order valence-corrected chi connectivity index (χ1v) is 8.96. The van der Waals surface area contributed by atoms with Gasteiger partial charge in [0.1, 0.15) is 17.1 Å². The highest BCUT2D eigenvalue weighted by atomic mass is 16.5. The Bertz CT molecular complexity index is 832. The van der Waals surface area contributed by atoms with E-state index in [1.54, 1.807) is 7.11 Å². The van der Waals surface area contributed by atoms with E-state index in [4.69, 9.17) is 9.15 Å². The van der Waals surface area contributed by atoms with Gasteiger partial charge in [0.15, 0.2) is 0 Å². The summed E-state index contributed by atoms with van der Waals surface area (Å²) in [6.07, 6.45) is 2.86. The fraction of sp³-hybridized carbons (Fsp3) is 0.500. The summed E-state index contributed by atoms with van der Waals surface area (Å²) in [7, 11) is 1.61. The molecule has 2 aromatic rings. The predicted octanol–water partition coefficient (Wildman–Crippen LogP) is 3.96. The number of aryl methyl sites for hydroxylation is 1. The summed E-state index contributed by atoms with van der Waals surface area (Å²) in [5.41, 5.74) is 0.762. The lowest BCUT2D eigenvalue weighted by atomic mass is 9.82. The molecule has 0 unspecified atom stereocenters. The molecule has 1 aromatic heterocycles. The zero-order valence-corrected chi connectivity index (χ0v) is 15.4. The first-order valence-electron chi connectivity index (χ1n) is 8.96. The van der Waals surface area contributed by atoms with Gasteiger partial charge in [-0.2, -0.15) is 0 Å². The number of aliphatic carboxylic acids is 1. The normalized spacial score (nSPS) is 17.2. The van der Waals surface area contributed by atoms with Gasteiger partial charge in [0, 0.05) is 17.4 Å². The van der Waals surface area contributed by atoms with E-state index in [1.807, 2.05) is 32.0 Å². The number of furan rings is 1. The molecule has 1 amide bonds. The van der Waals surface area contributed by atoms with Crippen LogP contribution in [0.15, 0.2) is 22.6 Å². The second-order valence-electron chi connectivity index (χ2n) is 7.21. The highest BCUT2D eigenvalue weighted by Gasteiger charge is 2.43. The van der Waals surface area contributed by atoms with Crippen LogP contribution in [0.3, 0.4) is 0 Å². The molecule has 1 aromatic carbocycles. The molecule has 6 heteroatoms. The summed E-state index contributed by atoms with van der Waals surface area (Å²) >= 11 is 0. The molecule has 1 fully saturated rings. The SMILES string of the molecule is COc1ccc2oc([C@@H](C)NC(=O)CC3(C(=O)O)CCCC3)c(C)c2c1. The average molecular weight is 359 g/mol. The van der Waals surface area contributed by atoms with Crippen LogP contribution in [-0.4, -0.2) is 24.1 Å². The number of amides is 1. The number of carbonyl (C=O) groups excluding carboxylic acids is 1. The molecule has 0 spiro atoms. The first kappa shape index (κ1) is 18.3. The number of carbonyl (C=O) groups is 2. The quantitative estimate of drug-likeness (QED) is 0.815. The fourth-order valence-corrected chi connectivity index (χ4v) is 3.94. The minimum Gasteiger partial charge on any atom is -0.497 e. The Kier molecular flexibility index (Phi) is 4.94. The van der Waals surface area contributed by atoms with Gasteiger partial charge in [0.05, 0.1) is 18.6 Å². The maximum Gasteiger partial charge on any atom is 0.310 e. The molecule has 1 aliphatic rings. The first-order chi connectivity index (χ1) is 12.4. The van der Waals surface area contributed by atoms with Crippen molar-refractivity contribution in [2.24, 2.45) is 5.41 Å². The number of carboxylic acid groups (broad SMARTS) is 1. The lowest BCUT2D eigenvalue weighted by Crippen LogP contribution is -2.36. The van der Waals surface area contributed by atoms with Crippen molar-refractivity contribution in [2.75, 3.05) is 7.11 Å². The van der Waals surface area contributed by atoms with Crippen molar-refractivity contribution >= 4 is 22.8 Å². The second-order valence-corrected chi connectivity index (χ2v) is 7.21. The molecule has 0 bridgehead atoms. The van der Waals surface area contributed by atoms with Crippen molar-refractivity contribution in [1.29, 1.82) is 0 Å². The Labute approximate surface area is 152 Å². The second kappa shape index (κ2) is 7.02. The minimum atomic E-state index is -0.917. The highest BCUT2D eigenvalue weighted by molar-refractivity contribution is 5.86. The third kappa shape index (κ3) is 3.28. The third-order valence-corrected chi connectivity index (χ3v) is 5.46. The zero-order chi connectivity index (χ0) is 18.9. The van der Waals surface area contributed by atoms with Gasteiger partial charge in [0.25, 0.3) is 0 Å². The average Bonchev–Trinajstić information content (AvgIpc) is 3.20. The van der Waals surface area contributed by atoms with Crippen LogP contribution in [0.25, 0.3) is 11.0 Å². The lowest BCUT2D eigenvalue weighted by Gasteiger charge is -2.24. The van der Waals surface area contributed by atoms with Crippen molar-refractivity contribution in [3.05, 3.63) is 29.5 Å². The molecule has 0 aliphatic heterocycles. The Balaban J connectivity index is 1.76. The van der Waals surface area contributed by atoms with Crippen molar-refractivity contribution in [1.82, 2.24) is 5.32 Å². The standard InChI is InChI=1S/C20H25NO5/c1-12-15-10-14(25-3)6-7-16(15)26-18(12)13(2)21-17(22)11-20(19(23)24)8-4-5-9-20/h6-7,10,13H,4-5,8-9,11H2,1-3H3,(H,21,22)(H,23,24)/t13-/m1/s1. The third-order valence-electron chi connectivity index (χ3n) is 5.46. The molecule has 140 valence electrons.